The van der Waals surface area contributed by atoms with Crippen molar-refractivity contribution in [3.8, 4) is 5.88 Å². The third-order valence-corrected chi connectivity index (χ3v) is 2.45. The van der Waals surface area contributed by atoms with E-state index in [0.717, 1.165) is 5.56 Å². The molecule has 7 heteroatoms. The molecule has 0 aliphatic rings. The van der Waals surface area contributed by atoms with Crippen LogP contribution in [0.4, 0.5) is 11.5 Å². The van der Waals surface area contributed by atoms with Gasteiger partial charge in [0.2, 0.25) is 5.88 Å². The summed E-state index contributed by atoms with van der Waals surface area (Å²) >= 11 is 0. The first-order valence-electron chi connectivity index (χ1n) is 5.52. The predicted molar refractivity (Wildman–Crippen MR) is 69.0 cm³/mol. The molecule has 0 atom stereocenters. The lowest BCUT2D eigenvalue weighted by molar-refractivity contribution is -0.384. The molecule has 7 nitrogen and oxygen atoms in total. The summed E-state index contributed by atoms with van der Waals surface area (Å²) < 4.78 is 4.98. The highest BCUT2D eigenvalue weighted by Crippen LogP contribution is 2.15. The molecule has 1 N–H and O–H groups in total. The maximum absolute atomic E-state index is 10.7. The number of nitrogens with one attached hydrogen (secondary N) is 1. The smallest absolute Gasteiger partial charge is 0.269 e. The van der Waals surface area contributed by atoms with Gasteiger partial charge in [-0.15, -0.1) is 0 Å². The monoisotopic (exact) mass is 260 g/mol. The highest BCUT2D eigenvalue weighted by molar-refractivity contribution is 5.40. The summed E-state index contributed by atoms with van der Waals surface area (Å²) in [6.07, 6.45) is 1.38. The molecule has 1 aromatic heterocycles. The Morgan fingerprint density at radius 3 is 2.95 bits per heavy atom. The second-order valence-corrected chi connectivity index (χ2v) is 3.73. The minimum atomic E-state index is -0.419. The van der Waals surface area contributed by atoms with E-state index in [1.54, 1.807) is 18.2 Å². The van der Waals surface area contributed by atoms with Gasteiger partial charge in [-0.25, -0.2) is 9.97 Å². The van der Waals surface area contributed by atoms with Crippen LogP contribution in [-0.2, 0) is 6.54 Å². The fourth-order valence-electron chi connectivity index (χ4n) is 1.52. The standard InChI is InChI=1S/C12H12N4O3/c1-19-12-6-11(14-8-15-12)13-7-9-3-2-4-10(5-9)16(17)18/h2-6,8H,7H2,1H3,(H,13,14,15). The van der Waals surface area contributed by atoms with Gasteiger partial charge < -0.3 is 10.1 Å². The molecule has 0 saturated heterocycles. The third kappa shape index (κ3) is 3.38. The van der Waals surface area contributed by atoms with Crippen LogP contribution in [-0.4, -0.2) is 22.0 Å². The SMILES string of the molecule is COc1cc(NCc2cccc([N+](=O)[O-])c2)ncn1. The summed E-state index contributed by atoms with van der Waals surface area (Å²) in [6, 6.07) is 8.08. The van der Waals surface area contributed by atoms with Crippen molar-refractivity contribution < 1.29 is 9.66 Å². The van der Waals surface area contributed by atoms with E-state index >= 15 is 0 Å². The van der Waals surface area contributed by atoms with E-state index in [2.05, 4.69) is 15.3 Å². The topological polar surface area (TPSA) is 90.2 Å². The van der Waals surface area contributed by atoms with Crippen molar-refractivity contribution in [1.29, 1.82) is 0 Å². The number of hydrogen-bond donors (Lipinski definition) is 1. The molecule has 0 saturated carbocycles. The van der Waals surface area contributed by atoms with Gasteiger partial charge in [-0.3, -0.25) is 10.1 Å². The Bertz CT molecular complexity index is 589. The van der Waals surface area contributed by atoms with Gasteiger partial charge in [-0.05, 0) is 5.56 Å². The number of anilines is 1. The van der Waals surface area contributed by atoms with Gasteiger partial charge in [-0.1, -0.05) is 12.1 Å². The zero-order valence-electron chi connectivity index (χ0n) is 10.2. The Balaban J connectivity index is 2.05. The molecule has 0 aliphatic carbocycles. The molecule has 1 aromatic carbocycles. The highest BCUT2D eigenvalue weighted by atomic mass is 16.6. The first-order valence-corrected chi connectivity index (χ1v) is 5.52. The average molecular weight is 260 g/mol. The molecule has 0 radical (unpaired) electrons. The van der Waals surface area contributed by atoms with Gasteiger partial charge in [0.1, 0.15) is 12.1 Å². The summed E-state index contributed by atoms with van der Waals surface area (Å²) in [6.45, 7) is 0.432. The molecule has 2 aromatic rings. The lowest BCUT2D eigenvalue weighted by Gasteiger charge is -2.06. The normalized spacial score (nSPS) is 9.95. The molecule has 2 rings (SSSR count). The van der Waals surface area contributed by atoms with Crippen LogP contribution in [0.2, 0.25) is 0 Å². The molecule has 0 amide bonds. The van der Waals surface area contributed by atoms with Gasteiger partial charge in [0.15, 0.2) is 0 Å². The molecule has 0 fully saturated rings. The number of aromatic nitrogens is 2. The van der Waals surface area contributed by atoms with Crippen LogP contribution in [0, 0.1) is 10.1 Å². The number of non-ortho nitro benzene ring substituents is 1. The molecule has 19 heavy (non-hydrogen) atoms. The highest BCUT2D eigenvalue weighted by Gasteiger charge is 2.05. The predicted octanol–water partition coefficient (Wildman–Crippen LogP) is 2.01. The van der Waals surface area contributed by atoms with Crippen molar-refractivity contribution in [2.24, 2.45) is 0 Å². The maximum Gasteiger partial charge on any atom is 0.269 e. The van der Waals surface area contributed by atoms with Gasteiger partial charge >= 0.3 is 0 Å². The van der Waals surface area contributed by atoms with Crippen LogP contribution in [0.3, 0.4) is 0 Å². The second-order valence-electron chi connectivity index (χ2n) is 3.73. The summed E-state index contributed by atoms with van der Waals surface area (Å²) in [5.74, 6) is 1.05. The van der Waals surface area contributed by atoms with Gasteiger partial charge in [0.05, 0.1) is 12.0 Å². The minimum Gasteiger partial charge on any atom is -0.481 e. The molecule has 0 aliphatic heterocycles. The number of ether oxygens (including phenoxy) is 1. The zero-order valence-corrected chi connectivity index (χ0v) is 10.2. The van der Waals surface area contributed by atoms with Crippen molar-refractivity contribution >= 4 is 11.5 Å². The Hall–Kier alpha value is -2.70. The number of nitrogens with zero attached hydrogens (tertiary/aromatic N) is 3. The largest absolute Gasteiger partial charge is 0.481 e. The molecular weight excluding hydrogens is 248 g/mol. The summed E-state index contributed by atoms with van der Waals surface area (Å²) in [7, 11) is 1.52. The van der Waals surface area contributed by atoms with Gasteiger partial charge in [0, 0.05) is 24.7 Å². The second kappa shape index (κ2) is 5.76. The van der Waals surface area contributed by atoms with Crippen molar-refractivity contribution in [2.75, 3.05) is 12.4 Å². The van der Waals surface area contributed by atoms with E-state index in [1.165, 1.54) is 25.6 Å². The lowest BCUT2D eigenvalue weighted by atomic mass is 10.2. The fourth-order valence-corrected chi connectivity index (χ4v) is 1.52. The van der Waals surface area contributed by atoms with E-state index in [0.29, 0.717) is 18.2 Å². The minimum absolute atomic E-state index is 0.0690. The number of nitro groups is 1. The summed E-state index contributed by atoms with van der Waals surface area (Å²) in [5, 5.41) is 13.7. The summed E-state index contributed by atoms with van der Waals surface area (Å²) in [5.41, 5.74) is 0.867. The zero-order chi connectivity index (χ0) is 13.7. The summed E-state index contributed by atoms with van der Waals surface area (Å²) in [4.78, 5) is 18.2. The molecule has 0 unspecified atom stereocenters. The lowest BCUT2D eigenvalue weighted by Crippen LogP contribution is -2.02. The first kappa shape index (κ1) is 12.7. The first-order chi connectivity index (χ1) is 9.19. The van der Waals surface area contributed by atoms with Crippen molar-refractivity contribution in [3.05, 3.63) is 52.3 Å². The van der Waals surface area contributed by atoms with E-state index in [-0.39, 0.29) is 5.69 Å². The van der Waals surface area contributed by atoms with Crippen LogP contribution >= 0.6 is 0 Å². The van der Waals surface area contributed by atoms with Crippen molar-refractivity contribution in [2.45, 2.75) is 6.54 Å². The third-order valence-electron chi connectivity index (χ3n) is 2.45. The Labute approximate surface area is 109 Å². The van der Waals surface area contributed by atoms with Gasteiger partial charge in [0.25, 0.3) is 5.69 Å². The molecule has 1 heterocycles. The van der Waals surface area contributed by atoms with Crippen LogP contribution in [0.25, 0.3) is 0 Å². The molecule has 98 valence electrons. The molecule has 0 bridgehead atoms. The van der Waals surface area contributed by atoms with Crippen LogP contribution < -0.4 is 10.1 Å². The van der Waals surface area contributed by atoms with E-state index < -0.39 is 4.92 Å². The Morgan fingerprint density at radius 2 is 2.21 bits per heavy atom. The maximum atomic E-state index is 10.7. The van der Waals surface area contributed by atoms with E-state index in [9.17, 15) is 10.1 Å². The van der Waals surface area contributed by atoms with E-state index in [1.807, 2.05) is 0 Å². The average Bonchev–Trinajstić information content (AvgIpc) is 2.45. The number of methoxy groups -OCH3 is 1. The number of rotatable bonds is 5. The fraction of sp³-hybridized carbons (Fsp3) is 0.167. The van der Waals surface area contributed by atoms with Crippen molar-refractivity contribution in [3.63, 3.8) is 0 Å². The van der Waals surface area contributed by atoms with Crippen LogP contribution in [0.15, 0.2) is 36.7 Å². The van der Waals surface area contributed by atoms with Crippen molar-refractivity contribution in [1.82, 2.24) is 9.97 Å². The molecule has 0 spiro atoms. The Morgan fingerprint density at radius 1 is 1.37 bits per heavy atom. The number of benzene rings is 1. The van der Waals surface area contributed by atoms with Gasteiger partial charge in [-0.2, -0.15) is 0 Å². The van der Waals surface area contributed by atoms with Crippen LogP contribution in [0.5, 0.6) is 5.88 Å². The Kier molecular flexibility index (Phi) is 3.87. The molecular formula is C12H12N4O3. The number of nitro benzene ring substituents is 1. The van der Waals surface area contributed by atoms with Crippen LogP contribution in [0.1, 0.15) is 5.56 Å². The van der Waals surface area contributed by atoms with E-state index in [4.69, 9.17) is 4.74 Å². The quantitative estimate of drug-likeness (QED) is 0.653. The number of hydrogen-bond acceptors (Lipinski definition) is 6.